The number of nitrogens with one attached hydrogen (secondary N) is 1. The molecule has 1 aromatic heterocycles. The lowest BCUT2D eigenvalue weighted by Gasteiger charge is -2.07. The van der Waals surface area contributed by atoms with Crippen LogP contribution in [0, 0.1) is 0 Å². The summed E-state index contributed by atoms with van der Waals surface area (Å²) in [6, 6.07) is -0.446. The molecule has 1 amide bonds. The number of aryl methyl sites for hydroxylation is 1. The number of carbonyl (C=O) groups excluding carboxylic acids is 1. The molecule has 0 spiro atoms. The number of aromatic nitrogens is 3. The third-order valence-electron chi connectivity index (χ3n) is 1.84. The van der Waals surface area contributed by atoms with Crippen LogP contribution in [0.15, 0.2) is 6.33 Å². The van der Waals surface area contributed by atoms with Gasteiger partial charge in [0.05, 0.1) is 12.6 Å². The predicted octanol–water partition coefficient (Wildman–Crippen LogP) is -0.831. The topological polar surface area (TPSA) is 85.8 Å². The van der Waals surface area contributed by atoms with Crippen molar-refractivity contribution in [2.75, 3.05) is 0 Å². The molecule has 0 bridgehead atoms. The zero-order valence-corrected chi connectivity index (χ0v) is 8.40. The van der Waals surface area contributed by atoms with Gasteiger partial charge in [0, 0.05) is 7.05 Å². The fourth-order valence-corrected chi connectivity index (χ4v) is 0.948. The summed E-state index contributed by atoms with van der Waals surface area (Å²) in [4.78, 5) is 15.2. The molecule has 78 valence electrons. The standard InChI is InChI=1S/C8H15N5O/c1-3-6(9)8(14)10-4-7-11-5-13(2)12-7/h5-6H,3-4,9H2,1-2H3,(H,10,14). The fourth-order valence-electron chi connectivity index (χ4n) is 0.948. The summed E-state index contributed by atoms with van der Waals surface area (Å²) in [5.41, 5.74) is 5.53. The third kappa shape index (κ3) is 2.81. The number of carbonyl (C=O) groups is 1. The van der Waals surface area contributed by atoms with Crippen LogP contribution in [0.1, 0.15) is 19.2 Å². The Kier molecular flexibility index (Phi) is 3.58. The number of hydrogen-bond donors (Lipinski definition) is 2. The zero-order chi connectivity index (χ0) is 10.6. The second-order valence-electron chi connectivity index (χ2n) is 3.07. The Bertz CT molecular complexity index is 308. The molecule has 1 heterocycles. The number of hydrogen-bond acceptors (Lipinski definition) is 4. The lowest BCUT2D eigenvalue weighted by molar-refractivity contribution is -0.122. The van der Waals surface area contributed by atoms with E-state index in [2.05, 4.69) is 15.4 Å². The second-order valence-corrected chi connectivity index (χ2v) is 3.07. The van der Waals surface area contributed by atoms with Crippen LogP contribution in [0.2, 0.25) is 0 Å². The minimum Gasteiger partial charge on any atom is -0.347 e. The normalized spacial score (nSPS) is 12.5. The SMILES string of the molecule is CCC(N)C(=O)NCc1ncn(C)n1. The summed E-state index contributed by atoms with van der Waals surface area (Å²) >= 11 is 0. The van der Waals surface area contributed by atoms with Gasteiger partial charge in [0.25, 0.3) is 0 Å². The van der Waals surface area contributed by atoms with Crippen molar-refractivity contribution in [3.8, 4) is 0 Å². The van der Waals surface area contributed by atoms with Crippen molar-refractivity contribution in [1.29, 1.82) is 0 Å². The molecule has 0 aliphatic heterocycles. The Morgan fingerprint density at radius 3 is 3.00 bits per heavy atom. The van der Waals surface area contributed by atoms with Gasteiger partial charge in [0.15, 0.2) is 5.82 Å². The molecule has 6 heteroatoms. The Morgan fingerprint density at radius 1 is 1.79 bits per heavy atom. The number of nitrogens with zero attached hydrogens (tertiary/aromatic N) is 3. The van der Waals surface area contributed by atoms with Gasteiger partial charge in [-0.25, -0.2) is 4.98 Å². The molecule has 14 heavy (non-hydrogen) atoms. The molecule has 0 saturated carbocycles. The van der Waals surface area contributed by atoms with Crippen LogP contribution in [-0.4, -0.2) is 26.7 Å². The Labute approximate surface area is 82.5 Å². The van der Waals surface area contributed by atoms with Gasteiger partial charge in [-0.15, -0.1) is 0 Å². The third-order valence-corrected chi connectivity index (χ3v) is 1.84. The van der Waals surface area contributed by atoms with Crippen molar-refractivity contribution in [1.82, 2.24) is 20.1 Å². The Hall–Kier alpha value is -1.43. The van der Waals surface area contributed by atoms with Gasteiger partial charge in [-0.2, -0.15) is 5.10 Å². The van der Waals surface area contributed by atoms with Crippen molar-refractivity contribution in [3.63, 3.8) is 0 Å². The molecule has 0 aromatic carbocycles. The predicted molar refractivity (Wildman–Crippen MR) is 51.1 cm³/mol. The van der Waals surface area contributed by atoms with E-state index in [4.69, 9.17) is 5.73 Å². The van der Waals surface area contributed by atoms with E-state index in [0.717, 1.165) is 0 Å². The Balaban J connectivity index is 2.37. The van der Waals surface area contributed by atoms with E-state index in [-0.39, 0.29) is 5.91 Å². The van der Waals surface area contributed by atoms with E-state index >= 15 is 0 Å². The minimum atomic E-state index is -0.446. The van der Waals surface area contributed by atoms with E-state index in [9.17, 15) is 4.79 Å². The van der Waals surface area contributed by atoms with Crippen LogP contribution in [0.3, 0.4) is 0 Å². The highest BCUT2D eigenvalue weighted by Gasteiger charge is 2.10. The lowest BCUT2D eigenvalue weighted by Crippen LogP contribution is -2.39. The molecule has 1 unspecified atom stereocenters. The van der Waals surface area contributed by atoms with Gasteiger partial charge in [-0.1, -0.05) is 6.92 Å². The molecule has 1 atom stereocenters. The van der Waals surface area contributed by atoms with Crippen LogP contribution in [0.5, 0.6) is 0 Å². The molecule has 1 aromatic rings. The Morgan fingerprint density at radius 2 is 2.50 bits per heavy atom. The smallest absolute Gasteiger partial charge is 0.237 e. The van der Waals surface area contributed by atoms with E-state index < -0.39 is 6.04 Å². The summed E-state index contributed by atoms with van der Waals surface area (Å²) in [5.74, 6) is 0.420. The second kappa shape index (κ2) is 4.71. The molecule has 0 aliphatic rings. The number of nitrogens with two attached hydrogens (primary N) is 1. The lowest BCUT2D eigenvalue weighted by atomic mass is 10.2. The zero-order valence-electron chi connectivity index (χ0n) is 8.40. The first-order valence-corrected chi connectivity index (χ1v) is 4.51. The molecular formula is C8H15N5O. The van der Waals surface area contributed by atoms with Crippen LogP contribution in [0.4, 0.5) is 0 Å². The van der Waals surface area contributed by atoms with Gasteiger partial charge in [-0.3, -0.25) is 9.48 Å². The maximum atomic E-state index is 11.3. The molecule has 0 fully saturated rings. The van der Waals surface area contributed by atoms with Gasteiger partial charge in [0.1, 0.15) is 6.33 Å². The number of amides is 1. The maximum absolute atomic E-state index is 11.3. The van der Waals surface area contributed by atoms with Crippen LogP contribution >= 0.6 is 0 Å². The summed E-state index contributed by atoms with van der Waals surface area (Å²) in [7, 11) is 1.77. The molecule has 0 saturated heterocycles. The molecule has 6 nitrogen and oxygen atoms in total. The van der Waals surface area contributed by atoms with Gasteiger partial charge >= 0.3 is 0 Å². The molecule has 3 N–H and O–H groups in total. The van der Waals surface area contributed by atoms with Crippen molar-refractivity contribution < 1.29 is 4.79 Å². The van der Waals surface area contributed by atoms with Gasteiger partial charge < -0.3 is 11.1 Å². The van der Waals surface area contributed by atoms with Crippen molar-refractivity contribution in [2.45, 2.75) is 25.9 Å². The van der Waals surface area contributed by atoms with E-state index in [1.54, 1.807) is 18.1 Å². The molecule has 0 aliphatic carbocycles. The first-order chi connectivity index (χ1) is 6.63. The van der Waals surface area contributed by atoms with Crippen molar-refractivity contribution >= 4 is 5.91 Å². The van der Waals surface area contributed by atoms with E-state index in [1.165, 1.54) is 0 Å². The van der Waals surface area contributed by atoms with Crippen LogP contribution in [0.25, 0.3) is 0 Å². The van der Waals surface area contributed by atoms with Crippen LogP contribution in [-0.2, 0) is 18.4 Å². The summed E-state index contributed by atoms with van der Waals surface area (Å²) in [6.07, 6.45) is 2.21. The average Bonchev–Trinajstić information content (AvgIpc) is 2.59. The summed E-state index contributed by atoms with van der Waals surface area (Å²) < 4.78 is 1.58. The van der Waals surface area contributed by atoms with Crippen LogP contribution < -0.4 is 11.1 Å². The summed E-state index contributed by atoms with van der Waals surface area (Å²) in [6.45, 7) is 2.19. The molecule has 0 radical (unpaired) electrons. The molecular weight excluding hydrogens is 182 g/mol. The van der Waals surface area contributed by atoms with E-state index in [0.29, 0.717) is 18.8 Å². The highest BCUT2D eigenvalue weighted by Crippen LogP contribution is 1.89. The van der Waals surface area contributed by atoms with Crippen molar-refractivity contribution in [3.05, 3.63) is 12.2 Å². The molecule has 1 rings (SSSR count). The summed E-state index contributed by atoms with van der Waals surface area (Å²) in [5, 5.41) is 6.68. The fraction of sp³-hybridized carbons (Fsp3) is 0.625. The first kappa shape index (κ1) is 10.6. The maximum Gasteiger partial charge on any atom is 0.237 e. The minimum absolute atomic E-state index is 0.167. The quantitative estimate of drug-likeness (QED) is 0.659. The van der Waals surface area contributed by atoms with Gasteiger partial charge in [0.2, 0.25) is 5.91 Å². The highest BCUT2D eigenvalue weighted by atomic mass is 16.2. The van der Waals surface area contributed by atoms with Crippen molar-refractivity contribution in [2.24, 2.45) is 12.8 Å². The largest absolute Gasteiger partial charge is 0.347 e. The first-order valence-electron chi connectivity index (χ1n) is 4.51. The van der Waals surface area contributed by atoms with Gasteiger partial charge in [-0.05, 0) is 6.42 Å². The highest BCUT2D eigenvalue weighted by molar-refractivity contribution is 5.81. The average molecular weight is 197 g/mol. The monoisotopic (exact) mass is 197 g/mol. The van der Waals surface area contributed by atoms with E-state index in [1.807, 2.05) is 6.92 Å². The number of rotatable bonds is 4.